The third kappa shape index (κ3) is 6.85. The Hall–Kier alpha value is -8.50. The summed E-state index contributed by atoms with van der Waals surface area (Å²) >= 11 is 0. The van der Waals surface area contributed by atoms with Gasteiger partial charge in [0.25, 0.3) is 0 Å². The van der Waals surface area contributed by atoms with E-state index < -0.39 is 28.9 Å². The number of halogens is 6. The third-order valence-corrected chi connectivity index (χ3v) is 13.2. The fraction of sp³-hybridized carbons (Fsp3) is 0.0508. The monoisotopic (exact) mass is 912 g/mol. The minimum Gasteiger partial charge on any atom is -0.245 e. The number of rotatable bonds is 6. The highest BCUT2D eigenvalue weighted by Crippen LogP contribution is 2.56. The minimum atomic E-state index is -5.78. The number of nitrogens with zero attached hydrogens (tertiary/aromatic N) is 4. The maximum absolute atomic E-state index is 15.5. The molecule has 332 valence electrons. The summed E-state index contributed by atoms with van der Waals surface area (Å²) in [5.41, 5.74) is 0.763. The van der Waals surface area contributed by atoms with Gasteiger partial charge in [-0.05, 0) is 56.9 Å². The van der Waals surface area contributed by atoms with Crippen molar-refractivity contribution in [2.45, 2.75) is 17.8 Å². The second-order valence-corrected chi connectivity index (χ2v) is 17.2. The first-order valence-electron chi connectivity index (χ1n) is 22.2. The Labute approximate surface area is 390 Å². The lowest BCUT2D eigenvalue weighted by atomic mass is 9.72. The van der Waals surface area contributed by atoms with Crippen LogP contribution in [0, 0.1) is 0 Å². The Balaban J connectivity index is 0.908. The lowest BCUT2D eigenvalue weighted by Gasteiger charge is -2.38. The van der Waals surface area contributed by atoms with Crippen LogP contribution in [0.15, 0.2) is 206 Å². The first-order chi connectivity index (χ1) is 33.4. The molecule has 4 aromatic heterocycles. The minimum absolute atomic E-state index is 0.338. The SMILES string of the molecule is FC(F)(F)C(c1ccc(-c2ccc3ccc4ccc(-c5cccc6ccccc56)nc4c3n2)cc1)(c1ccc(-c2ccc3ccc4ccc(-c5cccc6ccccc56)nc4c3n2)cc1)C(F)(F)F. The van der Waals surface area contributed by atoms with Gasteiger partial charge in [-0.3, -0.25) is 0 Å². The van der Waals surface area contributed by atoms with Crippen LogP contribution in [0.2, 0.25) is 0 Å². The quantitative estimate of drug-likeness (QED) is 0.123. The fourth-order valence-electron chi connectivity index (χ4n) is 9.82. The van der Waals surface area contributed by atoms with E-state index in [0.717, 1.165) is 89.9 Å². The summed E-state index contributed by atoms with van der Waals surface area (Å²) in [6.45, 7) is 0. The summed E-state index contributed by atoms with van der Waals surface area (Å²) in [5, 5.41) is 7.39. The van der Waals surface area contributed by atoms with E-state index in [-0.39, 0.29) is 0 Å². The van der Waals surface area contributed by atoms with Crippen molar-refractivity contribution in [3.05, 3.63) is 217 Å². The maximum atomic E-state index is 15.5. The van der Waals surface area contributed by atoms with Crippen molar-refractivity contribution >= 4 is 65.2 Å². The molecule has 8 aromatic carbocycles. The van der Waals surface area contributed by atoms with Crippen molar-refractivity contribution in [3.63, 3.8) is 0 Å². The molecule has 0 aliphatic heterocycles. The molecule has 4 nitrogen and oxygen atoms in total. The second kappa shape index (κ2) is 15.8. The number of hydrogen-bond donors (Lipinski definition) is 0. The predicted molar refractivity (Wildman–Crippen MR) is 264 cm³/mol. The van der Waals surface area contributed by atoms with Gasteiger partial charge in [0, 0.05) is 43.8 Å². The van der Waals surface area contributed by atoms with Gasteiger partial charge < -0.3 is 0 Å². The lowest BCUT2D eigenvalue weighted by molar-refractivity contribution is -0.288. The molecule has 12 rings (SSSR count). The van der Waals surface area contributed by atoms with Crippen molar-refractivity contribution in [2.75, 3.05) is 0 Å². The topological polar surface area (TPSA) is 51.6 Å². The summed E-state index contributed by atoms with van der Waals surface area (Å²) in [6.07, 6.45) is -11.6. The van der Waals surface area contributed by atoms with Crippen molar-refractivity contribution in [1.82, 2.24) is 19.9 Å². The van der Waals surface area contributed by atoms with Gasteiger partial charge in [-0.1, -0.05) is 182 Å². The zero-order valence-corrected chi connectivity index (χ0v) is 36.2. The fourth-order valence-corrected chi connectivity index (χ4v) is 9.82. The van der Waals surface area contributed by atoms with E-state index in [2.05, 4.69) is 0 Å². The average Bonchev–Trinajstić information content (AvgIpc) is 3.37. The number of alkyl halides is 6. The molecular weight excluding hydrogens is 879 g/mol. The van der Waals surface area contributed by atoms with Gasteiger partial charge in [-0.2, -0.15) is 26.3 Å². The standard InChI is InChI=1S/C59H34F6N4/c60-58(61,62)57(59(63,64)65,43-27-19-37(20-28-43)49-31-23-39-15-17-41-25-33-51(68-55(41)53(39)66-49)47-13-5-9-35-7-1-3-11-45(35)47)44-29-21-38(22-30-44)50-32-24-40-16-18-42-26-34-52(69-56(42)54(40)67-50)48-14-6-10-36-8-2-4-12-46(36)48/h1-34H. The van der Waals surface area contributed by atoms with Gasteiger partial charge in [-0.25, -0.2) is 19.9 Å². The molecule has 0 unspecified atom stereocenters. The molecule has 0 spiro atoms. The summed E-state index contributed by atoms with van der Waals surface area (Å²) in [5.74, 6) is 0. The molecule has 0 aliphatic rings. The zero-order chi connectivity index (χ0) is 47.1. The molecule has 0 atom stereocenters. The molecule has 0 N–H and O–H groups in total. The molecule has 0 fully saturated rings. The molecule has 0 saturated heterocycles. The first-order valence-corrected chi connectivity index (χ1v) is 22.2. The van der Waals surface area contributed by atoms with Gasteiger partial charge in [0.05, 0.1) is 44.8 Å². The van der Waals surface area contributed by atoms with Crippen LogP contribution >= 0.6 is 0 Å². The van der Waals surface area contributed by atoms with Crippen LogP contribution in [0.5, 0.6) is 0 Å². The van der Waals surface area contributed by atoms with Crippen LogP contribution in [0.25, 0.3) is 110 Å². The Morgan fingerprint density at radius 1 is 0.261 bits per heavy atom. The number of pyridine rings is 4. The molecule has 0 aliphatic carbocycles. The van der Waals surface area contributed by atoms with E-state index in [0.29, 0.717) is 44.6 Å². The summed E-state index contributed by atoms with van der Waals surface area (Å²) in [7, 11) is 0. The molecule has 12 aromatic rings. The van der Waals surface area contributed by atoms with Gasteiger partial charge in [-0.15, -0.1) is 0 Å². The third-order valence-electron chi connectivity index (χ3n) is 13.2. The van der Waals surface area contributed by atoms with Crippen LogP contribution in [0.1, 0.15) is 11.1 Å². The van der Waals surface area contributed by atoms with Gasteiger partial charge >= 0.3 is 12.4 Å². The molecule has 0 amide bonds. The number of benzene rings is 8. The average molecular weight is 913 g/mol. The van der Waals surface area contributed by atoms with E-state index in [1.807, 2.05) is 146 Å². The highest BCUT2D eigenvalue weighted by molar-refractivity contribution is 6.07. The van der Waals surface area contributed by atoms with Crippen molar-refractivity contribution in [2.24, 2.45) is 0 Å². The second-order valence-electron chi connectivity index (χ2n) is 17.2. The Kier molecular flexibility index (Phi) is 9.60. The number of aromatic nitrogens is 4. The van der Waals surface area contributed by atoms with Crippen molar-refractivity contribution in [3.8, 4) is 45.0 Å². The summed E-state index contributed by atoms with van der Waals surface area (Å²) < 4.78 is 92.8. The number of fused-ring (bicyclic) bond motifs is 8. The smallest absolute Gasteiger partial charge is 0.245 e. The number of hydrogen-bond acceptors (Lipinski definition) is 4. The Morgan fingerprint density at radius 3 is 0.928 bits per heavy atom. The van der Waals surface area contributed by atoms with Gasteiger partial charge in [0.1, 0.15) is 0 Å². The van der Waals surface area contributed by atoms with Crippen molar-refractivity contribution in [1.29, 1.82) is 0 Å². The van der Waals surface area contributed by atoms with Gasteiger partial charge in [0.15, 0.2) is 0 Å². The van der Waals surface area contributed by atoms with Gasteiger partial charge in [0.2, 0.25) is 5.41 Å². The molecule has 10 heteroatoms. The lowest BCUT2D eigenvalue weighted by Crippen LogP contribution is -2.54. The van der Waals surface area contributed by atoms with Crippen LogP contribution in [-0.4, -0.2) is 32.3 Å². The van der Waals surface area contributed by atoms with Crippen LogP contribution < -0.4 is 0 Å². The predicted octanol–water partition coefficient (Wildman–Crippen LogP) is 16.3. The largest absolute Gasteiger partial charge is 0.411 e. The Morgan fingerprint density at radius 2 is 0.565 bits per heavy atom. The van der Waals surface area contributed by atoms with Crippen LogP contribution in [0.3, 0.4) is 0 Å². The maximum Gasteiger partial charge on any atom is 0.411 e. The molecule has 0 bridgehead atoms. The van der Waals surface area contributed by atoms with Crippen LogP contribution in [-0.2, 0) is 5.41 Å². The van der Waals surface area contributed by atoms with E-state index in [9.17, 15) is 0 Å². The highest BCUT2D eigenvalue weighted by Gasteiger charge is 2.72. The molecule has 4 heterocycles. The van der Waals surface area contributed by atoms with Crippen LogP contribution in [0.4, 0.5) is 26.3 Å². The molecule has 69 heavy (non-hydrogen) atoms. The molecule has 0 radical (unpaired) electrons. The zero-order valence-electron chi connectivity index (χ0n) is 36.2. The normalized spacial score (nSPS) is 12.5. The Bertz CT molecular complexity index is 3720. The first kappa shape index (κ1) is 41.9. The summed E-state index contributed by atoms with van der Waals surface area (Å²) in [4.78, 5) is 19.9. The van der Waals surface area contributed by atoms with E-state index in [1.54, 1.807) is 12.1 Å². The van der Waals surface area contributed by atoms with E-state index in [1.165, 1.54) is 24.3 Å². The van der Waals surface area contributed by atoms with Crippen molar-refractivity contribution < 1.29 is 26.3 Å². The molecule has 0 saturated carbocycles. The molecular formula is C59H34F6N4. The summed E-state index contributed by atoms with van der Waals surface area (Å²) in [6, 6.07) is 59.2. The van der Waals surface area contributed by atoms with E-state index in [4.69, 9.17) is 19.9 Å². The van der Waals surface area contributed by atoms with E-state index >= 15 is 26.3 Å². The highest BCUT2D eigenvalue weighted by atomic mass is 19.4.